The van der Waals surface area contributed by atoms with Gasteiger partial charge in [0.15, 0.2) is 11.7 Å². The minimum Gasteiger partial charge on any atom is -0.482 e. The van der Waals surface area contributed by atoms with Gasteiger partial charge in [0.05, 0.1) is 16.9 Å². The van der Waals surface area contributed by atoms with Gasteiger partial charge < -0.3 is 9.47 Å². The summed E-state index contributed by atoms with van der Waals surface area (Å²) in [5, 5.41) is 1.65. The van der Waals surface area contributed by atoms with Crippen molar-refractivity contribution in [1.82, 2.24) is 4.98 Å². The van der Waals surface area contributed by atoms with Crippen LogP contribution in [0.4, 0.5) is 28.4 Å². The van der Waals surface area contributed by atoms with Gasteiger partial charge in [0.2, 0.25) is 5.91 Å². The highest BCUT2D eigenvalue weighted by Gasteiger charge is 2.31. The SMILES string of the molecule is CC(=O)N(c1cccc(C(F)(F)F)c1)c1nc(COC(=O)COc2ccc(F)cc2)cs1. The molecule has 0 aliphatic rings. The Balaban J connectivity index is 1.63. The Labute approximate surface area is 184 Å². The number of thiazole rings is 1. The summed E-state index contributed by atoms with van der Waals surface area (Å²) in [4.78, 5) is 29.2. The molecule has 0 aliphatic heterocycles. The van der Waals surface area contributed by atoms with Crippen LogP contribution in [-0.4, -0.2) is 23.5 Å². The van der Waals surface area contributed by atoms with Crippen LogP contribution in [0.15, 0.2) is 53.9 Å². The minimum absolute atomic E-state index is 0.0120. The average Bonchev–Trinajstić information content (AvgIpc) is 3.19. The minimum atomic E-state index is -4.56. The highest BCUT2D eigenvalue weighted by molar-refractivity contribution is 7.14. The number of hydrogen-bond donors (Lipinski definition) is 0. The molecule has 0 spiro atoms. The number of rotatable bonds is 7. The Bertz CT molecular complexity index is 1100. The molecule has 0 unspecified atom stereocenters. The van der Waals surface area contributed by atoms with E-state index < -0.39 is 36.0 Å². The first-order chi connectivity index (χ1) is 15.1. The van der Waals surface area contributed by atoms with E-state index in [2.05, 4.69) is 4.98 Å². The molecule has 0 saturated heterocycles. The maximum atomic E-state index is 13.0. The highest BCUT2D eigenvalue weighted by atomic mass is 32.1. The molecule has 11 heteroatoms. The first-order valence-corrected chi connectivity index (χ1v) is 9.98. The van der Waals surface area contributed by atoms with Gasteiger partial charge in [-0.15, -0.1) is 11.3 Å². The average molecular weight is 468 g/mol. The van der Waals surface area contributed by atoms with E-state index in [1.807, 2.05) is 0 Å². The van der Waals surface area contributed by atoms with Crippen molar-refractivity contribution in [1.29, 1.82) is 0 Å². The molecule has 3 aromatic rings. The first kappa shape index (κ1) is 23.2. The third kappa shape index (κ3) is 6.03. The number of hydrogen-bond acceptors (Lipinski definition) is 6. The zero-order valence-corrected chi connectivity index (χ0v) is 17.4. The van der Waals surface area contributed by atoms with E-state index in [9.17, 15) is 27.2 Å². The van der Waals surface area contributed by atoms with Crippen molar-refractivity contribution >= 4 is 34.0 Å². The topological polar surface area (TPSA) is 68.7 Å². The molecule has 6 nitrogen and oxygen atoms in total. The molecule has 2 aromatic carbocycles. The van der Waals surface area contributed by atoms with E-state index >= 15 is 0 Å². The molecule has 1 heterocycles. The molecular weight excluding hydrogens is 452 g/mol. The van der Waals surface area contributed by atoms with Gasteiger partial charge in [-0.25, -0.2) is 14.2 Å². The second-order valence-electron chi connectivity index (χ2n) is 6.43. The van der Waals surface area contributed by atoms with Crippen molar-refractivity contribution in [2.24, 2.45) is 0 Å². The third-order valence-corrected chi connectivity index (χ3v) is 4.90. The molecule has 0 atom stereocenters. The molecule has 32 heavy (non-hydrogen) atoms. The fourth-order valence-electron chi connectivity index (χ4n) is 2.58. The van der Waals surface area contributed by atoms with Crippen molar-refractivity contribution in [3.8, 4) is 5.75 Å². The molecule has 1 aromatic heterocycles. The summed E-state index contributed by atoms with van der Waals surface area (Å²) in [6.07, 6.45) is -4.56. The molecule has 0 radical (unpaired) electrons. The standard InChI is InChI=1S/C21H16F4N2O4S/c1-13(28)27(17-4-2-3-14(9-17)21(23,24)25)20-26-16(12-32-20)10-31-19(29)11-30-18-7-5-15(22)6-8-18/h2-9,12H,10-11H2,1H3. The van der Waals surface area contributed by atoms with Crippen LogP contribution in [0.1, 0.15) is 18.2 Å². The molecule has 0 aliphatic carbocycles. The Morgan fingerprint density at radius 2 is 1.84 bits per heavy atom. The van der Waals surface area contributed by atoms with Crippen LogP contribution < -0.4 is 9.64 Å². The zero-order chi connectivity index (χ0) is 23.3. The van der Waals surface area contributed by atoms with Gasteiger partial charge in [-0.1, -0.05) is 6.07 Å². The van der Waals surface area contributed by atoms with E-state index in [0.717, 1.165) is 28.4 Å². The molecule has 1 amide bonds. The number of anilines is 2. The highest BCUT2D eigenvalue weighted by Crippen LogP contribution is 2.35. The van der Waals surface area contributed by atoms with Gasteiger partial charge in [0, 0.05) is 12.3 Å². The second-order valence-corrected chi connectivity index (χ2v) is 7.26. The number of carbonyl (C=O) groups excluding carboxylic acids is 2. The van der Waals surface area contributed by atoms with Gasteiger partial charge in [0.1, 0.15) is 18.2 Å². The van der Waals surface area contributed by atoms with Crippen LogP contribution in [0.25, 0.3) is 0 Å². The Kier molecular flexibility index (Phi) is 7.08. The Morgan fingerprint density at radius 3 is 2.50 bits per heavy atom. The quantitative estimate of drug-likeness (QED) is 0.356. The normalized spacial score (nSPS) is 11.2. The monoisotopic (exact) mass is 468 g/mol. The van der Waals surface area contributed by atoms with Crippen LogP contribution >= 0.6 is 11.3 Å². The summed E-state index contributed by atoms with van der Waals surface area (Å²) in [6.45, 7) is 0.566. The zero-order valence-electron chi connectivity index (χ0n) is 16.6. The number of esters is 1. The van der Waals surface area contributed by atoms with Gasteiger partial charge in [-0.3, -0.25) is 9.69 Å². The van der Waals surface area contributed by atoms with Crippen LogP contribution in [0.3, 0.4) is 0 Å². The van der Waals surface area contributed by atoms with E-state index in [0.29, 0.717) is 5.69 Å². The lowest BCUT2D eigenvalue weighted by atomic mass is 10.2. The number of aromatic nitrogens is 1. The van der Waals surface area contributed by atoms with Crippen molar-refractivity contribution in [2.75, 3.05) is 11.5 Å². The summed E-state index contributed by atoms with van der Waals surface area (Å²) in [7, 11) is 0. The van der Waals surface area contributed by atoms with E-state index in [-0.39, 0.29) is 23.2 Å². The lowest BCUT2D eigenvalue weighted by molar-refractivity contribution is -0.147. The van der Waals surface area contributed by atoms with Gasteiger partial charge in [-0.05, 0) is 42.5 Å². The molecule has 0 bridgehead atoms. The molecule has 0 N–H and O–H groups in total. The molecule has 0 fully saturated rings. The van der Waals surface area contributed by atoms with E-state index in [4.69, 9.17) is 9.47 Å². The number of alkyl halides is 3. The summed E-state index contributed by atoms with van der Waals surface area (Å²) in [5.74, 6) is -1.39. The van der Waals surface area contributed by atoms with Crippen LogP contribution in [0.2, 0.25) is 0 Å². The molecule has 0 saturated carbocycles. The van der Waals surface area contributed by atoms with Crippen molar-refractivity contribution in [3.63, 3.8) is 0 Å². The number of nitrogens with zero attached hydrogens (tertiary/aromatic N) is 2. The number of halogens is 4. The summed E-state index contributed by atoms with van der Waals surface area (Å²) in [6, 6.07) is 9.41. The largest absolute Gasteiger partial charge is 0.482 e. The first-order valence-electron chi connectivity index (χ1n) is 9.10. The Morgan fingerprint density at radius 1 is 1.12 bits per heavy atom. The fourth-order valence-corrected chi connectivity index (χ4v) is 3.45. The Hall–Kier alpha value is -3.47. The summed E-state index contributed by atoms with van der Waals surface area (Å²) >= 11 is 1.01. The van der Waals surface area contributed by atoms with Crippen molar-refractivity contribution in [3.05, 3.63) is 71.0 Å². The number of ether oxygens (including phenoxy) is 2. The predicted octanol–water partition coefficient (Wildman–Crippen LogP) is 5.11. The van der Waals surface area contributed by atoms with Crippen molar-refractivity contribution < 1.29 is 36.6 Å². The molecular formula is C21H16F4N2O4S. The predicted molar refractivity (Wildman–Crippen MR) is 108 cm³/mol. The summed E-state index contributed by atoms with van der Waals surface area (Å²) in [5.41, 5.74) is -0.579. The van der Waals surface area contributed by atoms with Gasteiger partial charge in [-0.2, -0.15) is 13.2 Å². The lowest BCUT2D eigenvalue weighted by Gasteiger charge is -2.19. The maximum absolute atomic E-state index is 13.0. The van der Waals surface area contributed by atoms with Gasteiger partial charge >= 0.3 is 12.1 Å². The third-order valence-electron chi connectivity index (χ3n) is 4.03. The van der Waals surface area contributed by atoms with E-state index in [1.165, 1.54) is 48.7 Å². The van der Waals surface area contributed by atoms with Crippen LogP contribution in [0.5, 0.6) is 5.75 Å². The lowest BCUT2D eigenvalue weighted by Crippen LogP contribution is -2.23. The van der Waals surface area contributed by atoms with Crippen LogP contribution in [-0.2, 0) is 27.1 Å². The maximum Gasteiger partial charge on any atom is 0.416 e. The van der Waals surface area contributed by atoms with Crippen molar-refractivity contribution in [2.45, 2.75) is 19.7 Å². The molecule has 3 rings (SSSR count). The summed E-state index contributed by atoms with van der Waals surface area (Å²) < 4.78 is 62.1. The van der Waals surface area contributed by atoms with Gasteiger partial charge in [0.25, 0.3) is 0 Å². The number of benzene rings is 2. The number of amides is 1. The van der Waals surface area contributed by atoms with E-state index in [1.54, 1.807) is 0 Å². The smallest absolute Gasteiger partial charge is 0.416 e. The fraction of sp³-hybridized carbons (Fsp3) is 0.190. The molecule has 168 valence electrons. The number of carbonyl (C=O) groups is 2. The second kappa shape index (κ2) is 9.77. The van der Waals surface area contributed by atoms with Crippen LogP contribution in [0, 0.1) is 5.82 Å².